The molecule has 180 valence electrons. The first-order valence-corrected chi connectivity index (χ1v) is 11.0. The van der Waals surface area contributed by atoms with Crippen LogP contribution in [0, 0.1) is 0 Å². The Morgan fingerprint density at radius 2 is 2.06 bits per heavy atom. The molecular formula is C23H22ClF3N4O3. The number of hydrogen-bond donors (Lipinski definition) is 2. The number of fused-ring (bicyclic) bond motifs is 1. The first kappa shape index (κ1) is 24.0. The maximum atomic E-state index is 13.9. The number of hydrogen-bond acceptors (Lipinski definition) is 4. The van der Waals surface area contributed by atoms with Crippen LogP contribution in [0.25, 0.3) is 11.0 Å². The van der Waals surface area contributed by atoms with Gasteiger partial charge < -0.3 is 19.9 Å². The molecule has 0 bridgehead atoms. The number of carbonyl (C=O) groups is 2. The van der Waals surface area contributed by atoms with Crippen molar-refractivity contribution in [1.82, 2.24) is 15.3 Å². The summed E-state index contributed by atoms with van der Waals surface area (Å²) in [5.74, 6) is -0.722. The molecule has 2 aromatic carbocycles. The number of aromatic amines is 1. The SMILES string of the molecule is COC[C@H](NC(=O)c1ccc(N2CCCCC2=O)c(C(F)(F)F)c1)c1nc2cc(Cl)ccc2[nH]1. The number of benzene rings is 2. The molecule has 0 spiro atoms. The topological polar surface area (TPSA) is 87.3 Å². The summed E-state index contributed by atoms with van der Waals surface area (Å²) >= 11 is 6.00. The minimum Gasteiger partial charge on any atom is -0.382 e. The van der Waals surface area contributed by atoms with Gasteiger partial charge in [0, 0.05) is 30.7 Å². The van der Waals surface area contributed by atoms with E-state index in [1.54, 1.807) is 18.2 Å². The summed E-state index contributed by atoms with van der Waals surface area (Å²) in [5, 5.41) is 3.16. The number of H-pyrrole nitrogens is 1. The lowest BCUT2D eigenvalue weighted by Gasteiger charge is -2.29. The molecule has 7 nitrogen and oxygen atoms in total. The first-order chi connectivity index (χ1) is 16.2. The van der Waals surface area contributed by atoms with E-state index in [1.165, 1.54) is 19.2 Å². The average molecular weight is 495 g/mol. The molecule has 3 aromatic rings. The largest absolute Gasteiger partial charge is 0.418 e. The van der Waals surface area contributed by atoms with E-state index in [9.17, 15) is 22.8 Å². The van der Waals surface area contributed by atoms with Crippen LogP contribution in [0.15, 0.2) is 36.4 Å². The number of methoxy groups -OCH3 is 1. The fourth-order valence-electron chi connectivity index (χ4n) is 3.96. The molecule has 1 fully saturated rings. The lowest BCUT2D eigenvalue weighted by atomic mass is 10.0. The van der Waals surface area contributed by atoms with Gasteiger partial charge in [0.2, 0.25) is 5.91 Å². The highest BCUT2D eigenvalue weighted by Gasteiger charge is 2.37. The van der Waals surface area contributed by atoms with Crippen molar-refractivity contribution < 1.29 is 27.5 Å². The van der Waals surface area contributed by atoms with Crippen LogP contribution in [-0.2, 0) is 15.7 Å². The maximum Gasteiger partial charge on any atom is 0.418 e. The van der Waals surface area contributed by atoms with E-state index in [4.69, 9.17) is 16.3 Å². The van der Waals surface area contributed by atoms with Gasteiger partial charge in [0.1, 0.15) is 11.9 Å². The molecule has 11 heteroatoms. The van der Waals surface area contributed by atoms with Gasteiger partial charge in [-0.05, 0) is 49.2 Å². The number of anilines is 1. The number of alkyl halides is 3. The van der Waals surface area contributed by atoms with Gasteiger partial charge in [-0.1, -0.05) is 11.6 Å². The third kappa shape index (κ3) is 5.02. The fourth-order valence-corrected chi connectivity index (χ4v) is 4.13. The molecule has 0 saturated carbocycles. The van der Waals surface area contributed by atoms with E-state index in [0.717, 1.165) is 11.0 Å². The number of nitrogens with zero attached hydrogens (tertiary/aromatic N) is 2. The summed E-state index contributed by atoms with van der Waals surface area (Å²) in [6, 6.07) is 7.55. The van der Waals surface area contributed by atoms with Crippen molar-refractivity contribution in [2.24, 2.45) is 0 Å². The lowest BCUT2D eigenvalue weighted by Crippen LogP contribution is -2.37. The number of piperidine rings is 1. The van der Waals surface area contributed by atoms with Crippen LogP contribution in [0.5, 0.6) is 0 Å². The second kappa shape index (κ2) is 9.63. The van der Waals surface area contributed by atoms with Gasteiger partial charge in [0.25, 0.3) is 5.91 Å². The highest BCUT2D eigenvalue weighted by atomic mass is 35.5. The van der Waals surface area contributed by atoms with Crippen LogP contribution in [0.2, 0.25) is 5.02 Å². The van der Waals surface area contributed by atoms with Crippen molar-refractivity contribution in [1.29, 1.82) is 0 Å². The predicted octanol–water partition coefficient (Wildman–Crippen LogP) is 4.87. The first-order valence-electron chi connectivity index (χ1n) is 10.6. The molecular weight excluding hydrogens is 473 g/mol. The highest BCUT2D eigenvalue weighted by molar-refractivity contribution is 6.31. The van der Waals surface area contributed by atoms with Crippen LogP contribution in [0.4, 0.5) is 18.9 Å². The Balaban J connectivity index is 1.63. The van der Waals surface area contributed by atoms with Crippen LogP contribution in [0.1, 0.15) is 47.1 Å². The molecule has 1 aliphatic rings. The lowest BCUT2D eigenvalue weighted by molar-refractivity contribution is -0.137. The van der Waals surface area contributed by atoms with Gasteiger partial charge in [-0.25, -0.2) is 4.98 Å². The van der Waals surface area contributed by atoms with E-state index >= 15 is 0 Å². The van der Waals surface area contributed by atoms with Crippen LogP contribution in [0.3, 0.4) is 0 Å². The average Bonchev–Trinajstić information content (AvgIpc) is 3.21. The molecule has 1 saturated heterocycles. The predicted molar refractivity (Wildman–Crippen MR) is 121 cm³/mol. The molecule has 1 atom stereocenters. The Kier molecular flexibility index (Phi) is 6.81. The summed E-state index contributed by atoms with van der Waals surface area (Å²) in [6.45, 7) is 0.241. The van der Waals surface area contributed by atoms with Gasteiger partial charge in [-0.15, -0.1) is 0 Å². The van der Waals surface area contributed by atoms with Gasteiger partial charge in [0.05, 0.1) is 28.9 Å². The van der Waals surface area contributed by atoms with Gasteiger partial charge >= 0.3 is 6.18 Å². The van der Waals surface area contributed by atoms with Gasteiger partial charge in [-0.2, -0.15) is 13.2 Å². The molecule has 2 heterocycles. The van der Waals surface area contributed by atoms with Crippen molar-refractivity contribution in [2.75, 3.05) is 25.2 Å². The van der Waals surface area contributed by atoms with E-state index in [0.29, 0.717) is 34.7 Å². The van der Waals surface area contributed by atoms with Crippen molar-refractivity contribution in [3.8, 4) is 0 Å². The van der Waals surface area contributed by atoms with Crippen LogP contribution >= 0.6 is 11.6 Å². The minimum atomic E-state index is -4.74. The zero-order chi connectivity index (χ0) is 24.5. The Morgan fingerprint density at radius 3 is 2.76 bits per heavy atom. The molecule has 0 unspecified atom stereocenters. The third-order valence-corrected chi connectivity index (χ3v) is 5.85. The maximum absolute atomic E-state index is 13.9. The molecule has 1 aromatic heterocycles. The summed E-state index contributed by atoms with van der Waals surface area (Å²) in [6.07, 6.45) is -3.28. The number of rotatable bonds is 6. The van der Waals surface area contributed by atoms with E-state index in [1.807, 2.05) is 0 Å². The smallest absolute Gasteiger partial charge is 0.382 e. The molecule has 4 rings (SSSR count). The Bertz CT molecular complexity index is 1230. The standard InChI is InChI=1S/C23H22ClF3N4O3/c1-34-12-18(21-28-16-7-6-14(24)11-17(16)29-21)30-22(33)13-5-8-19(15(10-13)23(25,26)27)31-9-3-2-4-20(31)32/h5-8,10-11,18H,2-4,9,12H2,1H3,(H,28,29)(H,30,33)/t18-/m0/s1. The van der Waals surface area contributed by atoms with E-state index < -0.39 is 23.7 Å². The Hall–Kier alpha value is -3.11. The van der Waals surface area contributed by atoms with Crippen LogP contribution < -0.4 is 10.2 Å². The fraction of sp³-hybridized carbons (Fsp3) is 0.348. The Labute approximate surface area is 198 Å². The zero-order valence-electron chi connectivity index (χ0n) is 18.2. The van der Waals surface area contributed by atoms with Crippen molar-refractivity contribution in [3.05, 3.63) is 58.4 Å². The van der Waals surface area contributed by atoms with E-state index in [2.05, 4.69) is 15.3 Å². The number of imidazole rings is 1. The summed E-state index contributed by atoms with van der Waals surface area (Å²) in [5.41, 5.74) is -0.202. The second-order valence-corrected chi connectivity index (χ2v) is 8.43. The summed E-state index contributed by atoms with van der Waals surface area (Å²) in [4.78, 5) is 33.8. The third-order valence-electron chi connectivity index (χ3n) is 5.61. The van der Waals surface area contributed by atoms with Crippen molar-refractivity contribution >= 4 is 40.1 Å². The van der Waals surface area contributed by atoms with Gasteiger partial charge in [-0.3, -0.25) is 9.59 Å². The summed E-state index contributed by atoms with van der Waals surface area (Å²) < 4.78 is 46.8. The molecule has 0 radical (unpaired) electrons. The second-order valence-electron chi connectivity index (χ2n) is 8.00. The monoisotopic (exact) mass is 494 g/mol. The molecule has 34 heavy (non-hydrogen) atoms. The Morgan fingerprint density at radius 1 is 1.26 bits per heavy atom. The normalized spacial score (nSPS) is 15.6. The highest BCUT2D eigenvalue weighted by Crippen LogP contribution is 2.38. The quantitative estimate of drug-likeness (QED) is 0.512. The molecule has 0 aliphatic carbocycles. The van der Waals surface area contributed by atoms with Crippen LogP contribution in [-0.4, -0.2) is 42.0 Å². The number of carbonyl (C=O) groups excluding carboxylic acids is 2. The molecule has 2 N–H and O–H groups in total. The van der Waals surface area contributed by atoms with Crippen molar-refractivity contribution in [2.45, 2.75) is 31.5 Å². The summed E-state index contributed by atoms with van der Waals surface area (Å²) in [7, 11) is 1.44. The number of amides is 2. The van der Waals surface area contributed by atoms with Gasteiger partial charge in [0.15, 0.2) is 0 Å². The van der Waals surface area contributed by atoms with Crippen molar-refractivity contribution in [3.63, 3.8) is 0 Å². The number of aromatic nitrogens is 2. The molecule has 2 amide bonds. The number of ether oxygens (including phenoxy) is 1. The number of halogens is 4. The number of nitrogens with one attached hydrogen (secondary N) is 2. The molecule has 1 aliphatic heterocycles. The minimum absolute atomic E-state index is 0.0335. The zero-order valence-corrected chi connectivity index (χ0v) is 19.0. The van der Waals surface area contributed by atoms with E-state index in [-0.39, 0.29) is 36.7 Å².